The molecule has 0 atom stereocenters. The number of nitrogens with zero attached hydrogens (tertiary/aromatic N) is 1. The molecule has 0 aliphatic carbocycles. The zero-order valence-electron chi connectivity index (χ0n) is 11.7. The highest BCUT2D eigenvalue weighted by molar-refractivity contribution is 7.93. The van der Waals surface area contributed by atoms with Gasteiger partial charge in [-0.25, -0.2) is 8.42 Å². The van der Waals surface area contributed by atoms with E-state index in [0.29, 0.717) is 12.2 Å². The van der Waals surface area contributed by atoms with Crippen LogP contribution in [0.2, 0.25) is 5.02 Å². The second kappa shape index (κ2) is 6.47. The monoisotopic (exact) mass is 324 g/mol. The fourth-order valence-corrected chi connectivity index (χ4v) is 4.08. The Morgan fingerprint density at radius 2 is 1.81 bits per heavy atom. The highest BCUT2D eigenvalue weighted by atomic mass is 35.5. The van der Waals surface area contributed by atoms with E-state index < -0.39 is 10.0 Å². The average molecular weight is 325 g/mol. The summed E-state index contributed by atoms with van der Waals surface area (Å²) >= 11 is 6.08. The Balaban J connectivity index is 2.55. The van der Waals surface area contributed by atoms with Crippen LogP contribution in [0, 0.1) is 0 Å². The van der Waals surface area contributed by atoms with Crippen molar-refractivity contribution in [3.8, 4) is 0 Å². The SMILES string of the molecule is CCN(c1ccccc1)S(=O)(=O)c1cc(CN)ccc1Cl. The molecule has 0 spiro atoms. The molecule has 0 fully saturated rings. The summed E-state index contributed by atoms with van der Waals surface area (Å²) in [6.07, 6.45) is 0. The number of nitrogens with two attached hydrogens (primary N) is 1. The second-order valence-corrected chi connectivity index (χ2v) is 6.71. The molecule has 4 nitrogen and oxygen atoms in total. The van der Waals surface area contributed by atoms with Crippen LogP contribution >= 0.6 is 11.6 Å². The Kier molecular flexibility index (Phi) is 4.88. The number of hydrogen-bond acceptors (Lipinski definition) is 3. The van der Waals surface area contributed by atoms with E-state index in [1.165, 1.54) is 10.4 Å². The van der Waals surface area contributed by atoms with Crippen molar-refractivity contribution in [1.29, 1.82) is 0 Å². The summed E-state index contributed by atoms with van der Waals surface area (Å²) in [7, 11) is -3.72. The van der Waals surface area contributed by atoms with Crippen molar-refractivity contribution in [3.05, 3.63) is 59.1 Å². The molecule has 0 heterocycles. The second-order valence-electron chi connectivity index (χ2n) is 4.47. The van der Waals surface area contributed by atoms with Gasteiger partial charge in [0.15, 0.2) is 0 Å². The van der Waals surface area contributed by atoms with Crippen molar-refractivity contribution in [3.63, 3.8) is 0 Å². The fraction of sp³-hybridized carbons (Fsp3) is 0.200. The van der Waals surface area contributed by atoms with Crippen molar-refractivity contribution in [2.45, 2.75) is 18.4 Å². The van der Waals surface area contributed by atoms with Gasteiger partial charge in [0, 0.05) is 13.1 Å². The lowest BCUT2D eigenvalue weighted by atomic mass is 10.2. The molecule has 0 aromatic heterocycles. The quantitative estimate of drug-likeness (QED) is 0.919. The van der Waals surface area contributed by atoms with Crippen molar-refractivity contribution in [1.82, 2.24) is 0 Å². The first kappa shape index (κ1) is 15.8. The molecule has 0 saturated carbocycles. The maximum absolute atomic E-state index is 12.9. The Bertz CT molecular complexity index is 718. The summed E-state index contributed by atoms with van der Waals surface area (Å²) in [5, 5.41) is 0.196. The maximum Gasteiger partial charge on any atom is 0.265 e. The Morgan fingerprint density at radius 1 is 1.14 bits per heavy atom. The number of anilines is 1. The molecule has 2 N–H and O–H groups in total. The van der Waals surface area contributed by atoms with Gasteiger partial charge < -0.3 is 5.73 Å². The molecule has 2 aromatic rings. The van der Waals surface area contributed by atoms with E-state index in [-0.39, 0.29) is 16.5 Å². The molecule has 2 rings (SSSR count). The van der Waals surface area contributed by atoms with Gasteiger partial charge in [-0.15, -0.1) is 0 Å². The van der Waals surface area contributed by atoms with Crippen molar-refractivity contribution in [2.75, 3.05) is 10.8 Å². The van der Waals surface area contributed by atoms with Gasteiger partial charge in [-0.1, -0.05) is 35.9 Å². The predicted molar refractivity (Wildman–Crippen MR) is 86.0 cm³/mol. The highest BCUT2D eigenvalue weighted by Crippen LogP contribution is 2.29. The molecule has 112 valence electrons. The lowest BCUT2D eigenvalue weighted by Crippen LogP contribution is -2.31. The van der Waals surface area contributed by atoms with Crippen LogP contribution in [0.5, 0.6) is 0 Å². The van der Waals surface area contributed by atoms with Crippen LogP contribution in [0.4, 0.5) is 5.69 Å². The Morgan fingerprint density at radius 3 is 2.38 bits per heavy atom. The van der Waals surface area contributed by atoms with Crippen molar-refractivity contribution >= 4 is 27.3 Å². The third-order valence-corrected chi connectivity index (χ3v) is 5.52. The first-order chi connectivity index (χ1) is 10.0. The van der Waals surface area contributed by atoms with Gasteiger partial charge in [-0.3, -0.25) is 4.31 Å². The number of benzene rings is 2. The molecular formula is C15H17ClN2O2S. The molecule has 0 aliphatic rings. The van der Waals surface area contributed by atoms with Gasteiger partial charge >= 0.3 is 0 Å². The zero-order chi connectivity index (χ0) is 15.5. The summed E-state index contributed by atoms with van der Waals surface area (Å²) in [5.41, 5.74) is 6.91. The van der Waals surface area contributed by atoms with Crippen LogP contribution in [-0.4, -0.2) is 15.0 Å². The minimum absolute atomic E-state index is 0.0813. The molecule has 0 unspecified atom stereocenters. The van der Waals surface area contributed by atoms with E-state index in [0.717, 1.165) is 5.56 Å². The van der Waals surface area contributed by atoms with Crippen LogP contribution in [0.25, 0.3) is 0 Å². The van der Waals surface area contributed by atoms with Crippen LogP contribution in [0.3, 0.4) is 0 Å². The topological polar surface area (TPSA) is 63.4 Å². The first-order valence-corrected chi connectivity index (χ1v) is 8.38. The smallest absolute Gasteiger partial charge is 0.265 e. The summed E-state index contributed by atoms with van der Waals surface area (Å²) in [6.45, 7) is 2.36. The van der Waals surface area contributed by atoms with Gasteiger partial charge in [-0.05, 0) is 36.8 Å². The summed E-state index contributed by atoms with van der Waals surface area (Å²) < 4.78 is 27.0. The number of hydrogen-bond donors (Lipinski definition) is 1. The molecule has 0 radical (unpaired) electrons. The molecule has 0 amide bonds. The maximum atomic E-state index is 12.9. The largest absolute Gasteiger partial charge is 0.326 e. The van der Waals surface area contributed by atoms with Gasteiger partial charge in [0.2, 0.25) is 0 Å². The lowest BCUT2D eigenvalue weighted by Gasteiger charge is -2.23. The van der Waals surface area contributed by atoms with Crippen molar-refractivity contribution in [2.24, 2.45) is 5.73 Å². The van der Waals surface area contributed by atoms with E-state index in [9.17, 15) is 8.42 Å². The van der Waals surface area contributed by atoms with E-state index in [4.69, 9.17) is 17.3 Å². The van der Waals surface area contributed by atoms with Gasteiger partial charge in [-0.2, -0.15) is 0 Å². The Hall–Kier alpha value is -1.56. The standard InChI is InChI=1S/C15H17ClN2O2S/c1-2-18(13-6-4-3-5-7-13)21(19,20)15-10-12(11-17)8-9-14(15)16/h3-10H,2,11,17H2,1H3. The third kappa shape index (κ3) is 3.20. The summed E-state index contributed by atoms with van der Waals surface area (Å²) in [5.74, 6) is 0. The van der Waals surface area contributed by atoms with Crippen LogP contribution < -0.4 is 10.0 Å². The molecule has 0 saturated heterocycles. The first-order valence-electron chi connectivity index (χ1n) is 6.57. The predicted octanol–water partition coefficient (Wildman–Crippen LogP) is 3.01. The minimum Gasteiger partial charge on any atom is -0.326 e. The zero-order valence-corrected chi connectivity index (χ0v) is 13.2. The van der Waals surface area contributed by atoms with Crippen LogP contribution in [0.1, 0.15) is 12.5 Å². The third-order valence-electron chi connectivity index (χ3n) is 3.13. The average Bonchev–Trinajstić information content (AvgIpc) is 2.49. The molecule has 21 heavy (non-hydrogen) atoms. The van der Waals surface area contributed by atoms with Crippen LogP contribution in [-0.2, 0) is 16.6 Å². The number of para-hydroxylation sites is 1. The minimum atomic E-state index is -3.72. The number of sulfonamides is 1. The normalized spacial score (nSPS) is 11.4. The molecule has 6 heteroatoms. The van der Waals surface area contributed by atoms with Gasteiger partial charge in [0.05, 0.1) is 10.7 Å². The summed E-state index contributed by atoms with van der Waals surface area (Å²) in [4.78, 5) is 0.0813. The van der Waals surface area contributed by atoms with Crippen LogP contribution in [0.15, 0.2) is 53.4 Å². The highest BCUT2D eigenvalue weighted by Gasteiger charge is 2.26. The van der Waals surface area contributed by atoms with E-state index in [1.807, 2.05) is 6.07 Å². The van der Waals surface area contributed by atoms with Gasteiger partial charge in [0.25, 0.3) is 10.0 Å². The number of halogens is 1. The molecule has 0 bridgehead atoms. The summed E-state index contributed by atoms with van der Waals surface area (Å²) in [6, 6.07) is 13.8. The lowest BCUT2D eigenvalue weighted by molar-refractivity contribution is 0.592. The molecule has 0 aliphatic heterocycles. The van der Waals surface area contributed by atoms with E-state index >= 15 is 0 Å². The van der Waals surface area contributed by atoms with E-state index in [2.05, 4.69) is 0 Å². The van der Waals surface area contributed by atoms with Crippen molar-refractivity contribution < 1.29 is 8.42 Å². The molecular weight excluding hydrogens is 308 g/mol. The van der Waals surface area contributed by atoms with Gasteiger partial charge in [0.1, 0.15) is 4.90 Å². The fourth-order valence-electron chi connectivity index (χ4n) is 2.08. The van der Waals surface area contributed by atoms with E-state index in [1.54, 1.807) is 43.3 Å². The molecule has 2 aromatic carbocycles. The Labute approximate surface area is 130 Å². The number of rotatable bonds is 5.